The maximum absolute atomic E-state index is 11.6. The lowest BCUT2D eigenvalue weighted by Crippen LogP contribution is -2.40. The molecule has 1 saturated carbocycles. The van der Waals surface area contributed by atoms with E-state index in [2.05, 4.69) is 10.6 Å². The van der Waals surface area contributed by atoms with Crippen LogP contribution in [0.2, 0.25) is 10.0 Å². The van der Waals surface area contributed by atoms with Crippen molar-refractivity contribution in [3.05, 3.63) is 33.8 Å². The molecule has 0 atom stereocenters. The highest BCUT2D eigenvalue weighted by atomic mass is 35.5. The Morgan fingerprint density at radius 3 is 2.61 bits per heavy atom. The molecule has 0 spiro atoms. The van der Waals surface area contributed by atoms with Gasteiger partial charge in [-0.1, -0.05) is 42.1 Å². The molecule has 98 valence electrons. The molecule has 18 heavy (non-hydrogen) atoms. The second kappa shape index (κ2) is 6.30. The SMILES string of the molecule is O=C(NCc1ccc(Cl)c(Cl)c1)NC1CCCC1. The molecule has 2 amide bonds. The molecule has 0 unspecified atom stereocenters. The van der Waals surface area contributed by atoms with Gasteiger partial charge in [0.05, 0.1) is 10.0 Å². The molecule has 0 aromatic heterocycles. The molecule has 1 aliphatic carbocycles. The summed E-state index contributed by atoms with van der Waals surface area (Å²) in [7, 11) is 0. The first-order chi connectivity index (χ1) is 8.65. The maximum Gasteiger partial charge on any atom is 0.315 e. The van der Waals surface area contributed by atoms with Crippen LogP contribution >= 0.6 is 23.2 Å². The normalized spacial score (nSPS) is 15.7. The summed E-state index contributed by atoms with van der Waals surface area (Å²) in [6.45, 7) is 0.454. The van der Waals surface area contributed by atoms with E-state index in [9.17, 15) is 4.79 Å². The Hall–Kier alpha value is -0.930. The molecule has 1 fully saturated rings. The fourth-order valence-electron chi connectivity index (χ4n) is 2.14. The molecular weight excluding hydrogens is 271 g/mol. The zero-order valence-corrected chi connectivity index (χ0v) is 11.5. The van der Waals surface area contributed by atoms with E-state index in [1.165, 1.54) is 12.8 Å². The van der Waals surface area contributed by atoms with Crippen molar-refractivity contribution in [1.29, 1.82) is 0 Å². The van der Waals surface area contributed by atoms with Crippen molar-refractivity contribution in [2.45, 2.75) is 38.3 Å². The van der Waals surface area contributed by atoms with Gasteiger partial charge in [-0.25, -0.2) is 4.79 Å². The van der Waals surface area contributed by atoms with Crippen LogP contribution in [0.3, 0.4) is 0 Å². The van der Waals surface area contributed by atoms with Crippen LogP contribution in [0.4, 0.5) is 4.79 Å². The molecule has 1 aromatic carbocycles. The summed E-state index contributed by atoms with van der Waals surface area (Å²) in [6, 6.07) is 5.56. The molecule has 1 aliphatic rings. The van der Waals surface area contributed by atoms with Crippen molar-refractivity contribution in [3.8, 4) is 0 Å². The van der Waals surface area contributed by atoms with Gasteiger partial charge in [-0.15, -0.1) is 0 Å². The summed E-state index contributed by atoms with van der Waals surface area (Å²) < 4.78 is 0. The molecule has 1 aromatic rings. The van der Waals surface area contributed by atoms with Crippen molar-refractivity contribution in [2.75, 3.05) is 0 Å². The first-order valence-electron chi connectivity index (χ1n) is 6.13. The van der Waals surface area contributed by atoms with Gasteiger partial charge in [0.2, 0.25) is 0 Å². The van der Waals surface area contributed by atoms with Gasteiger partial charge >= 0.3 is 6.03 Å². The number of hydrogen-bond donors (Lipinski definition) is 2. The van der Waals surface area contributed by atoms with Crippen molar-refractivity contribution < 1.29 is 4.79 Å². The van der Waals surface area contributed by atoms with Crippen LogP contribution in [0.15, 0.2) is 18.2 Å². The average Bonchev–Trinajstić information content (AvgIpc) is 2.83. The van der Waals surface area contributed by atoms with Crippen LogP contribution in [-0.2, 0) is 6.54 Å². The standard InChI is InChI=1S/C13H16Cl2N2O/c14-11-6-5-9(7-12(11)15)8-16-13(18)17-10-3-1-2-4-10/h5-7,10H,1-4,8H2,(H2,16,17,18). The molecule has 0 radical (unpaired) electrons. The Balaban J connectivity index is 1.79. The first-order valence-corrected chi connectivity index (χ1v) is 6.89. The number of amides is 2. The summed E-state index contributed by atoms with van der Waals surface area (Å²) >= 11 is 11.7. The summed E-state index contributed by atoms with van der Waals surface area (Å²) in [5.41, 5.74) is 0.936. The number of carbonyl (C=O) groups is 1. The van der Waals surface area contributed by atoms with Gasteiger partial charge in [-0.3, -0.25) is 0 Å². The third-order valence-corrected chi connectivity index (χ3v) is 3.87. The first kappa shape index (κ1) is 13.5. The lowest BCUT2D eigenvalue weighted by molar-refractivity contribution is 0.236. The van der Waals surface area contributed by atoms with E-state index >= 15 is 0 Å². The number of benzene rings is 1. The lowest BCUT2D eigenvalue weighted by atomic mass is 10.2. The largest absolute Gasteiger partial charge is 0.335 e. The van der Waals surface area contributed by atoms with Crippen molar-refractivity contribution in [3.63, 3.8) is 0 Å². The highest BCUT2D eigenvalue weighted by Gasteiger charge is 2.16. The number of nitrogens with one attached hydrogen (secondary N) is 2. The molecule has 0 aliphatic heterocycles. The van der Waals surface area contributed by atoms with E-state index in [4.69, 9.17) is 23.2 Å². The van der Waals surface area contributed by atoms with Gasteiger partial charge in [0, 0.05) is 12.6 Å². The third kappa shape index (κ3) is 3.79. The molecular formula is C13H16Cl2N2O. The highest BCUT2D eigenvalue weighted by molar-refractivity contribution is 6.42. The van der Waals surface area contributed by atoms with Crippen LogP contribution in [0.1, 0.15) is 31.2 Å². The number of halogens is 2. The molecule has 2 rings (SSSR count). The van der Waals surface area contributed by atoms with Crippen molar-refractivity contribution >= 4 is 29.2 Å². The summed E-state index contributed by atoms with van der Waals surface area (Å²) in [5, 5.41) is 6.82. The summed E-state index contributed by atoms with van der Waals surface area (Å²) in [5.74, 6) is 0. The van der Waals surface area contributed by atoms with Gasteiger partial charge < -0.3 is 10.6 Å². The highest BCUT2D eigenvalue weighted by Crippen LogP contribution is 2.22. The van der Waals surface area contributed by atoms with Crippen molar-refractivity contribution in [2.24, 2.45) is 0 Å². The predicted molar refractivity (Wildman–Crippen MR) is 74.1 cm³/mol. The number of hydrogen-bond acceptors (Lipinski definition) is 1. The Morgan fingerprint density at radius 1 is 1.22 bits per heavy atom. The zero-order chi connectivity index (χ0) is 13.0. The van der Waals surface area contributed by atoms with Crippen LogP contribution in [0, 0.1) is 0 Å². The van der Waals surface area contributed by atoms with E-state index in [1.807, 2.05) is 6.07 Å². The zero-order valence-electron chi connectivity index (χ0n) is 10.0. The van der Waals surface area contributed by atoms with E-state index in [1.54, 1.807) is 12.1 Å². The van der Waals surface area contributed by atoms with Crippen molar-refractivity contribution in [1.82, 2.24) is 10.6 Å². The minimum absolute atomic E-state index is 0.118. The molecule has 0 saturated heterocycles. The van der Waals surface area contributed by atoms with Gasteiger partial charge in [0.25, 0.3) is 0 Å². The summed E-state index contributed by atoms with van der Waals surface area (Å²) in [6.07, 6.45) is 4.58. The monoisotopic (exact) mass is 286 g/mol. The second-order valence-electron chi connectivity index (χ2n) is 4.56. The molecule has 0 heterocycles. The third-order valence-electron chi connectivity index (χ3n) is 3.13. The Labute approximate surface area is 117 Å². The van der Waals surface area contributed by atoms with Gasteiger partial charge in [0.1, 0.15) is 0 Å². The Morgan fingerprint density at radius 2 is 1.94 bits per heavy atom. The maximum atomic E-state index is 11.6. The molecule has 5 heteroatoms. The fraction of sp³-hybridized carbons (Fsp3) is 0.462. The van der Waals surface area contributed by atoms with Crippen LogP contribution in [0.25, 0.3) is 0 Å². The van der Waals surface area contributed by atoms with E-state index in [0.29, 0.717) is 22.6 Å². The average molecular weight is 287 g/mol. The molecule has 3 nitrogen and oxygen atoms in total. The molecule has 2 N–H and O–H groups in total. The quantitative estimate of drug-likeness (QED) is 0.873. The van der Waals surface area contributed by atoms with Gasteiger partial charge in [-0.2, -0.15) is 0 Å². The van der Waals surface area contributed by atoms with E-state index in [0.717, 1.165) is 18.4 Å². The minimum atomic E-state index is -0.118. The van der Waals surface area contributed by atoms with Crippen LogP contribution in [-0.4, -0.2) is 12.1 Å². The topological polar surface area (TPSA) is 41.1 Å². The van der Waals surface area contributed by atoms with Gasteiger partial charge in [-0.05, 0) is 30.5 Å². The molecule has 0 bridgehead atoms. The smallest absolute Gasteiger partial charge is 0.315 e. The number of rotatable bonds is 3. The van der Waals surface area contributed by atoms with E-state index < -0.39 is 0 Å². The minimum Gasteiger partial charge on any atom is -0.335 e. The number of urea groups is 1. The van der Waals surface area contributed by atoms with Crippen LogP contribution in [0.5, 0.6) is 0 Å². The predicted octanol–water partition coefficient (Wildman–Crippen LogP) is 3.74. The van der Waals surface area contributed by atoms with E-state index in [-0.39, 0.29) is 6.03 Å². The number of carbonyl (C=O) groups excluding carboxylic acids is 1. The second-order valence-corrected chi connectivity index (χ2v) is 5.37. The summed E-state index contributed by atoms with van der Waals surface area (Å²) in [4.78, 5) is 11.6. The Bertz CT molecular complexity index is 431. The fourth-order valence-corrected chi connectivity index (χ4v) is 2.46. The van der Waals surface area contributed by atoms with Gasteiger partial charge in [0.15, 0.2) is 0 Å². The van der Waals surface area contributed by atoms with Crippen LogP contribution < -0.4 is 10.6 Å². The lowest BCUT2D eigenvalue weighted by Gasteiger charge is -2.13. The Kier molecular flexibility index (Phi) is 4.72.